The molecule has 2 rings (SSSR count). The molecule has 0 N–H and O–H groups in total. The van der Waals surface area contributed by atoms with Crippen LogP contribution >= 0.6 is 0 Å². The number of ether oxygens (including phenoxy) is 1. The van der Waals surface area contributed by atoms with Crippen LogP contribution in [0.15, 0.2) is 35.4 Å². The Balaban J connectivity index is 2.19. The van der Waals surface area contributed by atoms with Crippen molar-refractivity contribution in [3.05, 3.63) is 35.9 Å². The van der Waals surface area contributed by atoms with Crippen LogP contribution in [0.5, 0.6) is 0 Å². The van der Waals surface area contributed by atoms with Gasteiger partial charge in [-0.15, -0.1) is 0 Å². The molecule has 0 fully saturated rings. The normalized spacial score (nSPS) is 18.9. The Bertz CT molecular complexity index is 588. The van der Waals surface area contributed by atoms with E-state index in [-0.39, 0.29) is 18.2 Å². The SMILES string of the molecule is C[C@@H]1CC(=O)N(Cc2ccccc2)N=C1C(=O)OC(C)(C)C. The van der Waals surface area contributed by atoms with E-state index in [1.54, 1.807) is 0 Å². The lowest BCUT2D eigenvalue weighted by atomic mass is 9.99. The second-order valence-corrected chi connectivity index (χ2v) is 6.53. The van der Waals surface area contributed by atoms with Gasteiger partial charge in [0.05, 0.1) is 6.54 Å². The number of carbonyl (C=O) groups is 2. The van der Waals surface area contributed by atoms with E-state index in [0.717, 1.165) is 5.56 Å². The van der Waals surface area contributed by atoms with Gasteiger partial charge in [-0.2, -0.15) is 5.10 Å². The minimum Gasteiger partial charge on any atom is -0.455 e. The molecule has 0 spiro atoms. The van der Waals surface area contributed by atoms with Gasteiger partial charge < -0.3 is 4.74 Å². The van der Waals surface area contributed by atoms with Crippen LogP contribution in [0.2, 0.25) is 0 Å². The van der Waals surface area contributed by atoms with Crippen LogP contribution < -0.4 is 0 Å². The Morgan fingerprint density at radius 1 is 1.32 bits per heavy atom. The largest absolute Gasteiger partial charge is 0.455 e. The first-order valence-electron chi connectivity index (χ1n) is 7.42. The summed E-state index contributed by atoms with van der Waals surface area (Å²) in [6.07, 6.45) is 0.269. The number of carbonyl (C=O) groups excluding carboxylic acids is 2. The summed E-state index contributed by atoms with van der Waals surface area (Å²) in [5.74, 6) is -0.761. The van der Waals surface area contributed by atoms with Gasteiger partial charge in [0, 0.05) is 12.3 Å². The van der Waals surface area contributed by atoms with Gasteiger partial charge in [0.15, 0.2) is 0 Å². The van der Waals surface area contributed by atoms with Crippen molar-refractivity contribution in [2.24, 2.45) is 11.0 Å². The molecular weight excluding hydrogens is 280 g/mol. The molecule has 1 atom stereocenters. The summed E-state index contributed by atoms with van der Waals surface area (Å²) in [7, 11) is 0. The highest BCUT2D eigenvalue weighted by Crippen LogP contribution is 2.20. The molecule has 1 heterocycles. The second kappa shape index (κ2) is 6.30. The van der Waals surface area contributed by atoms with Crippen LogP contribution in [0.1, 0.15) is 39.7 Å². The lowest BCUT2D eigenvalue weighted by Gasteiger charge is -2.28. The summed E-state index contributed by atoms with van der Waals surface area (Å²) in [6.45, 7) is 7.61. The number of rotatable bonds is 3. The number of amides is 1. The average molecular weight is 302 g/mol. The smallest absolute Gasteiger partial charge is 0.355 e. The Labute approximate surface area is 131 Å². The van der Waals surface area contributed by atoms with Gasteiger partial charge in [-0.05, 0) is 26.3 Å². The fourth-order valence-corrected chi connectivity index (χ4v) is 2.20. The van der Waals surface area contributed by atoms with Crippen molar-refractivity contribution >= 4 is 17.6 Å². The minimum absolute atomic E-state index is 0.0799. The Morgan fingerprint density at radius 2 is 1.95 bits per heavy atom. The van der Waals surface area contributed by atoms with Crippen LogP contribution in [0.4, 0.5) is 0 Å². The molecule has 0 saturated carbocycles. The van der Waals surface area contributed by atoms with Gasteiger partial charge in [0.1, 0.15) is 11.3 Å². The molecule has 0 saturated heterocycles. The van der Waals surface area contributed by atoms with Crippen molar-refractivity contribution in [2.75, 3.05) is 0 Å². The molecule has 1 amide bonds. The first kappa shape index (κ1) is 16.2. The van der Waals surface area contributed by atoms with Crippen molar-refractivity contribution in [1.29, 1.82) is 0 Å². The quantitative estimate of drug-likeness (QED) is 0.807. The maximum absolute atomic E-state index is 12.2. The Kier molecular flexibility index (Phi) is 4.64. The van der Waals surface area contributed by atoms with E-state index in [1.807, 2.05) is 58.0 Å². The lowest BCUT2D eigenvalue weighted by molar-refractivity contribution is -0.147. The number of hydrogen-bond acceptors (Lipinski definition) is 4. The highest BCUT2D eigenvalue weighted by atomic mass is 16.6. The summed E-state index contributed by atoms with van der Waals surface area (Å²) in [4.78, 5) is 24.4. The van der Waals surface area contributed by atoms with Crippen LogP contribution in [-0.2, 0) is 20.9 Å². The molecule has 0 aromatic heterocycles. The van der Waals surface area contributed by atoms with Crippen LogP contribution in [0.25, 0.3) is 0 Å². The van der Waals surface area contributed by atoms with E-state index in [9.17, 15) is 9.59 Å². The Hall–Kier alpha value is -2.17. The maximum atomic E-state index is 12.2. The van der Waals surface area contributed by atoms with E-state index in [2.05, 4.69) is 5.10 Å². The monoisotopic (exact) mass is 302 g/mol. The number of hydrogen-bond donors (Lipinski definition) is 0. The first-order chi connectivity index (χ1) is 10.3. The van der Waals surface area contributed by atoms with Gasteiger partial charge in [-0.1, -0.05) is 37.3 Å². The standard InChI is InChI=1S/C17H22N2O3/c1-12-10-14(20)19(11-13-8-6-5-7-9-13)18-15(12)16(21)22-17(2,3)4/h5-9,12H,10-11H2,1-4H3/t12-/m1/s1. The van der Waals surface area contributed by atoms with Crippen molar-refractivity contribution in [3.63, 3.8) is 0 Å². The van der Waals surface area contributed by atoms with E-state index in [0.29, 0.717) is 12.3 Å². The molecule has 0 unspecified atom stereocenters. The average Bonchev–Trinajstić information content (AvgIpc) is 2.41. The third-order valence-electron chi connectivity index (χ3n) is 3.25. The van der Waals surface area contributed by atoms with Gasteiger partial charge >= 0.3 is 5.97 Å². The molecule has 0 aliphatic carbocycles. The van der Waals surface area contributed by atoms with Gasteiger partial charge in [-0.25, -0.2) is 9.80 Å². The fourth-order valence-electron chi connectivity index (χ4n) is 2.20. The van der Waals surface area contributed by atoms with Gasteiger partial charge in [0.2, 0.25) is 5.91 Å². The number of benzene rings is 1. The molecule has 0 radical (unpaired) electrons. The number of esters is 1. The summed E-state index contributed by atoms with van der Waals surface area (Å²) in [6, 6.07) is 9.58. The predicted octanol–water partition coefficient (Wildman–Crippen LogP) is 2.75. The molecule has 0 bridgehead atoms. The molecular formula is C17H22N2O3. The van der Waals surface area contributed by atoms with Crippen molar-refractivity contribution < 1.29 is 14.3 Å². The molecule has 1 aromatic rings. The minimum atomic E-state index is -0.578. The van der Waals surface area contributed by atoms with Crippen LogP contribution in [-0.4, -0.2) is 28.2 Å². The molecule has 1 aromatic carbocycles. The Morgan fingerprint density at radius 3 is 2.55 bits per heavy atom. The highest BCUT2D eigenvalue weighted by Gasteiger charge is 2.33. The fraction of sp³-hybridized carbons (Fsp3) is 0.471. The zero-order chi connectivity index (χ0) is 16.3. The summed E-state index contributed by atoms with van der Waals surface area (Å²) in [5, 5.41) is 5.60. The van der Waals surface area contributed by atoms with Crippen molar-refractivity contribution in [2.45, 2.75) is 46.3 Å². The lowest BCUT2D eigenvalue weighted by Crippen LogP contribution is -2.41. The first-order valence-corrected chi connectivity index (χ1v) is 7.42. The van der Waals surface area contributed by atoms with Gasteiger partial charge in [0.25, 0.3) is 0 Å². The van der Waals surface area contributed by atoms with E-state index in [4.69, 9.17) is 4.74 Å². The maximum Gasteiger partial charge on any atom is 0.355 e. The molecule has 5 heteroatoms. The zero-order valence-corrected chi connectivity index (χ0v) is 13.5. The van der Waals surface area contributed by atoms with Gasteiger partial charge in [-0.3, -0.25) is 4.79 Å². The molecule has 5 nitrogen and oxygen atoms in total. The van der Waals surface area contributed by atoms with Crippen molar-refractivity contribution in [3.8, 4) is 0 Å². The van der Waals surface area contributed by atoms with E-state index < -0.39 is 11.6 Å². The third kappa shape index (κ3) is 4.16. The van der Waals surface area contributed by atoms with Crippen LogP contribution in [0.3, 0.4) is 0 Å². The highest BCUT2D eigenvalue weighted by molar-refractivity contribution is 6.38. The molecule has 1 aliphatic rings. The van der Waals surface area contributed by atoms with Crippen LogP contribution in [0, 0.1) is 5.92 Å². The topological polar surface area (TPSA) is 59.0 Å². The number of hydrazone groups is 1. The van der Waals surface area contributed by atoms with E-state index in [1.165, 1.54) is 5.01 Å². The zero-order valence-electron chi connectivity index (χ0n) is 13.5. The van der Waals surface area contributed by atoms with Crippen molar-refractivity contribution in [1.82, 2.24) is 5.01 Å². The summed E-state index contributed by atoms with van der Waals surface area (Å²) in [5.41, 5.74) is 0.702. The third-order valence-corrected chi connectivity index (χ3v) is 3.25. The molecule has 22 heavy (non-hydrogen) atoms. The summed E-state index contributed by atoms with van der Waals surface area (Å²) < 4.78 is 5.37. The second-order valence-electron chi connectivity index (χ2n) is 6.53. The molecule has 118 valence electrons. The molecule has 1 aliphatic heterocycles. The predicted molar refractivity (Wildman–Crippen MR) is 84.1 cm³/mol. The number of nitrogens with zero attached hydrogens (tertiary/aromatic N) is 2. The van der Waals surface area contributed by atoms with E-state index >= 15 is 0 Å². The summed E-state index contributed by atoms with van der Waals surface area (Å²) >= 11 is 0.